The van der Waals surface area contributed by atoms with Gasteiger partial charge in [0.15, 0.2) is 0 Å². The van der Waals surface area contributed by atoms with E-state index in [0.29, 0.717) is 16.6 Å². The number of carbonyl (C=O) groups is 3. The lowest BCUT2D eigenvalue weighted by atomic mass is 9.99. The maximum absolute atomic E-state index is 13.2. The van der Waals surface area contributed by atoms with Crippen LogP contribution in [0.15, 0.2) is 29.4 Å². The van der Waals surface area contributed by atoms with E-state index in [9.17, 15) is 14.4 Å². The number of nitrogens with zero attached hydrogens (tertiary/aromatic N) is 2. The number of fused-ring (bicyclic) bond motifs is 1. The Morgan fingerprint density at radius 2 is 2.07 bits per heavy atom. The first-order chi connectivity index (χ1) is 14.0. The number of halogens is 1. The van der Waals surface area contributed by atoms with Crippen LogP contribution in [0.4, 0.5) is 10.6 Å². The van der Waals surface area contributed by atoms with E-state index in [-0.39, 0.29) is 29.6 Å². The summed E-state index contributed by atoms with van der Waals surface area (Å²) in [4.78, 5) is 43.5. The minimum atomic E-state index is -0.719. The molecule has 3 atom stereocenters. The zero-order chi connectivity index (χ0) is 22.3. The monoisotopic (exact) mass is 479 g/mol. The summed E-state index contributed by atoms with van der Waals surface area (Å²) in [6, 6.07) is 2.54. The van der Waals surface area contributed by atoms with Crippen molar-refractivity contribution in [3.63, 3.8) is 0 Å². The maximum Gasteiger partial charge on any atom is 0.411 e. The summed E-state index contributed by atoms with van der Waals surface area (Å²) in [6.45, 7) is 9.25. The van der Waals surface area contributed by atoms with Crippen LogP contribution >= 0.6 is 15.9 Å². The van der Waals surface area contributed by atoms with E-state index in [0.717, 1.165) is 6.42 Å². The molecule has 1 aromatic heterocycles. The van der Waals surface area contributed by atoms with Crippen molar-refractivity contribution in [2.75, 3.05) is 12.4 Å². The molecule has 0 aromatic carbocycles. The zero-order valence-electron chi connectivity index (χ0n) is 17.5. The van der Waals surface area contributed by atoms with Crippen molar-refractivity contribution in [2.45, 2.75) is 57.7 Å². The second kappa shape index (κ2) is 8.02. The number of methoxy groups -OCH3 is 1. The fraction of sp³-hybridized carbons (Fsp3) is 0.524. The summed E-state index contributed by atoms with van der Waals surface area (Å²) < 4.78 is 10.8. The van der Waals surface area contributed by atoms with Crippen molar-refractivity contribution in [1.82, 2.24) is 9.88 Å². The quantitative estimate of drug-likeness (QED) is 0.394. The van der Waals surface area contributed by atoms with Gasteiger partial charge in [-0.1, -0.05) is 12.1 Å². The van der Waals surface area contributed by atoms with Crippen LogP contribution in [-0.4, -0.2) is 52.6 Å². The Bertz CT molecular complexity index is 897. The Kier molecular flexibility index (Phi) is 5.95. The average molecular weight is 480 g/mol. The molecular formula is C21H26BrN3O5. The van der Waals surface area contributed by atoms with Crippen LogP contribution in [0.3, 0.4) is 0 Å². The molecule has 1 saturated carbocycles. The number of esters is 1. The van der Waals surface area contributed by atoms with Gasteiger partial charge in [-0.05, 0) is 55.6 Å². The lowest BCUT2D eigenvalue weighted by Gasteiger charge is -2.29. The van der Waals surface area contributed by atoms with Crippen LogP contribution in [-0.2, 0) is 25.5 Å². The molecule has 2 amide bonds. The molecule has 2 heterocycles. The molecule has 0 spiro atoms. The second-order valence-electron chi connectivity index (χ2n) is 8.65. The van der Waals surface area contributed by atoms with Crippen LogP contribution in [0.5, 0.6) is 0 Å². The zero-order valence-corrected chi connectivity index (χ0v) is 19.1. The molecule has 8 nitrogen and oxygen atoms in total. The summed E-state index contributed by atoms with van der Waals surface area (Å²) >= 11 is 3.28. The van der Waals surface area contributed by atoms with E-state index in [2.05, 4.69) is 32.8 Å². The SMILES string of the molecule is C=C[C@@]12C[C@@H](C(=O)Nc3nc(Br)ccc3CC(=O)OC)N(C(=O)OC(C)(C)C)[C@@H]1C2. The van der Waals surface area contributed by atoms with E-state index >= 15 is 0 Å². The summed E-state index contributed by atoms with van der Waals surface area (Å²) in [5.74, 6) is -0.583. The van der Waals surface area contributed by atoms with Crippen LogP contribution in [0, 0.1) is 5.41 Å². The van der Waals surface area contributed by atoms with Gasteiger partial charge in [-0.15, -0.1) is 6.58 Å². The molecule has 0 radical (unpaired) electrons. The van der Waals surface area contributed by atoms with Gasteiger partial charge in [0.2, 0.25) is 5.91 Å². The van der Waals surface area contributed by atoms with Gasteiger partial charge in [-0.3, -0.25) is 14.5 Å². The van der Waals surface area contributed by atoms with Crippen molar-refractivity contribution < 1.29 is 23.9 Å². The third kappa shape index (κ3) is 4.50. The van der Waals surface area contributed by atoms with Crippen molar-refractivity contribution in [2.24, 2.45) is 5.41 Å². The maximum atomic E-state index is 13.2. The predicted molar refractivity (Wildman–Crippen MR) is 114 cm³/mol. The van der Waals surface area contributed by atoms with Crippen LogP contribution in [0.1, 0.15) is 39.2 Å². The van der Waals surface area contributed by atoms with Gasteiger partial charge in [-0.2, -0.15) is 0 Å². The molecule has 0 bridgehead atoms. The highest BCUT2D eigenvalue weighted by Gasteiger charge is 2.66. The highest BCUT2D eigenvalue weighted by Crippen LogP contribution is 2.60. The molecule has 2 aliphatic rings. The molecule has 1 aliphatic heterocycles. The molecule has 2 fully saturated rings. The number of hydrogen-bond donors (Lipinski definition) is 1. The van der Waals surface area contributed by atoms with Gasteiger partial charge in [0, 0.05) is 17.0 Å². The number of ether oxygens (including phenoxy) is 2. The average Bonchev–Trinajstić information content (AvgIpc) is 3.26. The highest BCUT2D eigenvalue weighted by molar-refractivity contribution is 9.10. The van der Waals surface area contributed by atoms with E-state index in [1.54, 1.807) is 32.9 Å². The van der Waals surface area contributed by atoms with Gasteiger partial charge in [0.25, 0.3) is 0 Å². The number of hydrogen-bond acceptors (Lipinski definition) is 6. The Labute approximate surface area is 184 Å². The Hall–Kier alpha value is -2.42. The molecule has 3 rings (SSSR count). The largest absolute Gasteiger partial charge is 0.469 e. The molecular weight excluding hydrogens is 454 g/mol. The summed E-state index contributed by atoms with van der Waals surface area (Å²) in [6.07, 6.45) is 2.49. The van der Waals surface area contributed by atoms with Gasteiger partial charge >= 0.3 is 12.1 Å². The second-order valence-corrected chi connectivity index (χ2v) is 9.46. The topological polar surface area (TPSA) is 97.8 Å². The minimum Gasteiger partial charge on any atom is -0.469 e. The third-order valence-electron chi connectivity index (χ3n) is 5.38. The number of amides is 2. The van der Waals surface area contributed by atoms with Crippen molar-refractivity contribution in [1.29, 1.82) is 0 Å². The number of likely N-dealkylation sites (tertiary alicyclic amines) is 1. The number of nitrogens with one attached hydrogen (secondary N) is 1. The van der Waals surface area contributed by atoms with Gasteiger partial charge in [-0.25, -0.2) is 9.78 Å². The first-order valence-corrected chi connectivity index (χ1v) is 10.5. The van der Waals surface area contributed by atoms with Crippen LogP contribution in [0.25, 0.3) is 0 Å². The Balaban J connectivity index is 1.83. The number of piperidine rings is 1. The molecule has 1 N–H and O–H groups in total. The highest BCUT2D eigenvalue weighted by atomic mass is 79.9. The van der Waals surface area contributed by atoms with Crippen molar-refractivity contribution >= 4 is 39.7 Å². The smallest absolute Gasteiger partial charge is 0.411 e. The van der Waals surface area contributed by atoms with Crippen molar-refractivity contribution in [3.05, 3.63) is 35.0 Å². The van der Waals surface area contributed by atoms with Gasteiger partial charge < -0.3 is 14.8 Å². The Morgan fingerprint density at radius 3 is 2.67 bits per heavy atom. The normalized spacial score (nSPS) is 24.6. The lowest BCUT2D eigenvalue weighted by Crippen LogP contribution is -2.47. The summed E-state index contributed by atoms with van der Waals surface area (Å²) in [7, 11) is 1.30. The number of rotatable bonds is 5. The third-order valence-corrected chi connectivity index (χ3v) is 5.83. The molecule has 0 unspecified atom stereocenters. The summed E-state index contributed by atoms with van der Waals surface area (Å²) in [5, 5.41) is 2.78. The predicted octanol–water partition coefficient (Wildman–Crippen LogP) is 3.45. The minimum absolute atomic E-state index is 0.0357. The van der Waals surface area contributed by atoms with Crippen LogP contribution < -0.4 is 5.32 Å². The van der Waals surface area contributed by atoms with Gasteiger partial charge in [0.1, 0.15) is 22.1 Å². The van der Waals surface area contributed by atoms with E-state index < -0.39 is 23.7 Å². The van der Waals surface area contributed by atoms with E-state index in [1.165, 1.54) is 12.0 Å². The fourth-order valence-electron chi connectivity index (χ4n) is 3.80. The summed E-state index contributed by atoms with van der Waals surface area (Å²) in [5.41, 5.74) is -0.423. The molecule has 162 valence electrons. The molecule has 9 heteroatoms. The van der Waals surface area contributed by atoms with E-state index in [1.807, 2.05) is 6.08 Å². The molecule has 30 heavy (non-hydrogen) atoms. The first-order valence-electron chi connectivity index (χ1n) is 9.67. The number of aromatic nitrogens is 1. The fourth-order valence-corrected chi connectivity index (χ4v) is 4.11. The van der Waals surface area contributed by atoms with E-state index in [4.69, 9.17) is 9.47 Å². The molecule has 1 aliphatic carbocycles. The first kappa shape index (κ1) is 22.3. The lowest BCUT2D eigenvalue weighted by molar-refractivity contribution is -0.139. The van der Waals surface area contributed by atoms with Gasteiger partial charge in [0.05, 0.1) is 13.5 Å². The van der Waals surface area contributed by atoms with Crippen molar-refractivity contribution in [3.8, 4) is 0 Å². The molecule has 1 aromatic rings. The Morgan fingerprint density at radius 1 is 1.37 bits per heavy atom. The number of pyridine rings is 1. The number of carbonyl (C=O) groups excluding carboxylic acids is 3. The molecule has 1 saturated heterocycles. The van der Waals surface area contributed by atoms with Crippen LogP contribution in [0.2, 0.25) is 0 Å². The number of anilines is 1. The standard InChI is InChI=1S/C21H26BrN3O5/c1-6-21-10-13(25(14(21)11-21)19(28)30-20(2,3)4)18(27)24-17-12(9-16(26)29-5)7-8-15(22)23-17/h6-8,13-14H,1,9-11H2,2-5H3,(H,23,24,27)/t13-,14+,21-/m0/s1.